The molecule has 0 aromatic carbocycles. The van der Waals surface area contributed by atoms with E-state index >= 15 is 0 Å². The van der Waals surface area contributed by atoms with Crippen molar-refractivity contribution in [3.63, 3.8) is 0 Å². The summed E-state index contributed by atoms with van der Waals surface area (Å²) in [6, 6.07) is 2.34. The van der Waals surface area contributed by atoms with Crippen molar-refractivity contribution in [3.8, 4) is 0 Å². The smallest absolute Gasteiger partial charge is 0.0812 e. The second-order valence-corrected chi connectivity index (χ2v) is 5.66. The third kappa shape index (κ3) is 3.16. The van der Waals surface area contributed by atoms with Gasteiger partial charge in [-0.15, -0.1) is 0 Å². The minimum absolute atomic E-state index is 0.0220. The highest BCUT2D eigenvalue weighted by molar-refractivity contribution is 5.13. The topological polar surface area (TPSA) is 42.3 Å². The number of rotatable bonds is 5. The van der Waals surface area contributed by atoms with E-state index in [0.717, 1.165) is 38.5 Å². The summed E-state index contributed by atoms with van der Waals surface area (Å²) in [5.41, 5.74) is 1.13. The maximum Gasteiger partial charge on any atom is 0.0812 e. The molecule has 108 valence electrons. The van der Waals surface area contributed by atoms with E-state index in [1.54, 1.807) is 0 Å². The van der Waals surface area contributed by atoms with Gasteiger partial charge in [-0.2, -0.15) is 5.10 Å². The first-order chi connectivity index (χ1) is 9.05. The molecule has 19 heavy (non-hydrogen) atoms. The van der Waals surface area contributed by atoms with Gasteiger partial charge in [-0.05, 0) is 26.5 Å². The molecule has 0 spiro atoms. The predicted octanol–water partition coefficient (Wildman–Crippen LogP) is 1.18. The number of likely N-dealkylation sites (N-methyl/N-ethyl adjacent to an activating group) is 1. The Hall–Kier alpha value is -0.910. The maximum absolute atomic E-state index is 5.46. The van der Waals surface area contributed by atoms with E-state index in [9.17, 15) is 0 Å². The molecule has 0 bridgehead atoms. The van der Waals surface area contributed by atoms with Gasteiger partial charge < -0.3 is 10.1 Å². The summed E-state index contributed by atoms with van der Waals surface area (Å²) in [5, 5.41) is 8.18. The molecule has 1 aliphatic rings. The van der Waals surface area contributed by atoms with Crippen molar-refractivity contribution in [2.24, 2.45) is 7.05 Å². The average molecular weight is 266 g/mol. The van der Waals surface area contributed by atoms with Gasteiger partial charge >= 0.3 is 0 Å². The van der Waals surface area contributed by atoms with Gasteiger partial charge in [-0.3, -0.25) is 9.58 Å². The number of aryl methyl sites for hydroxylation is 1. The van der Waals surface area contributed by atoms with E-state index in [1.807, 2.05) is 17.9 Å². The summed E-state index contributed by atoms with van der Waals surface area (Å²) in [6.07, 6.45) is 2.01. The Balaban J connectivity index is 2.20. The van der Waals surface area contributed by atoms with Gasteiger partial charge in [0.05, 0.1) is 24.9 Å². The Labute approximate surface area is 115 Å². The summed E-state index contributed by atoms with van der Waals surface area (Å²) >= 11 is 0. The molecule has 1 saturated heterocycles. The Morgan fingerprint density at radius 2 is 2.11 bits per heavy atom. The third-order valence-corrected chi connectivity index (χ3v) is 3.97. The van der Waals surface area contributed by atoms with Crippen LogP contribution < -0.4 is 5.32 Å². The van der Waals surface area contributed by atoms with Crippen molar-refractivity contribution in [2.45, 2.75) is 32.4 Å². The van der Waals surface area contributed by atoms with Gasteiger partial charge in [-0.1, -0.05) is 6.92 Å². The lowest BCUT2D eigenvalue weighted by Gasteiger charge is -2.45. The Morgan fingerprint density at radius 1 is 1.42 bits per heavy atom. The molecule has 1 fully saturated rings. The zero-order valence-corrected chi connectivity index (χ0v) is 12.5. The number of morpholine rings is 1. The minimum atomic E-state index is 0.0220. The monoisotopic (exact) mass is 266 g/mol. The first-order valence-electron chi connectivity index (χ1n) is 7.11. The van der Waals surface area contributed by atoms with Crippen LogP contribution in [0.15, 0.2) is 12.3 Å². The second kappa shape index (κ2) is 6.03. The fraction of sp³-hybridized carbons (Fsp3) is 0.786. The zero-order valence-electron chi connectivity index (χ0n) is 12.5. The maximum atomic E-state index is 5.46. The van der Waals surface area contributed by atoms with Crippen LogP contribution in [-0.4, -0.2) is 53.1 Å². The van der Waals surface area contributed by atoms with Crippen molar-refractivity contribution in [3.05, 3.63) is 18.0 Å². The Morgan fingerprint density at radius 3 is 2.63 bits per heavy atom. The van der Waals surface area contributed by atoms with E-state index in [0.29, 0.717) is 0 Å². The summed E-state index contributed by atoms with van der Waals surface area (Å²) in [4.78, 5) is 2.50. The van der Waals surface area contributed by atoms with Gasteiger partial charge in [0.25, 0.3) is 0 Å². The van der Waals surface area contributed by atoms with Crippen LogP contribution in [0, 0.1) is 0 Å². The van der Waals surface area contributed by atoms with Gasteiger partial charge in [-0.25, -0.2) is 0 Å². The lowest BCUT2D eigenvalue weighted by molar-refractivity contribution is -0.0242. The highest BCUT2D eigenvalue weighted by Crippen LogP contribution is 2.30. The molecule has 0 radical (unpaired) electrons. The van der Waals surface area contributed by atoms with Gasteiger partial charge in [0.1, 0.15) is 0 Å². The first kappa shape index (κ1) is 14.5. The molecule has 1 unspecified atom stereocenters. The van der Waals surface area contributed by atoms with Crippen LogP contribution >= 0.6 is 0 Å². The van der Waals surface area contributed by atoms with Crippen molar-refractivity contribution in [2.75, 3.05) is 32.8 Å². The lowest BCUT2D eigenvalue weighted by Crippen LogP contribution is -2.56. The number of nitrogens with one attached hydrogen (secondary N) is 1. The van der Waals surface area contributed by atoms with Crippen LogP contribution in [0.25, 0.3) is 0 Å². The Kier molecular flexibility index (Phi) is 4.60. The number of hydrogen-bond acceptors (Lipinski definition) is 4. The molecule has 1 aliphatic heterocycles. The molecule has 5 nitrogen and oxygen atoms in total. The van der Waals surface area contributed by atoms with E-state index < -0.39 is 0 Å². The molecular formula is C14H26N4O. The molecule has 0 saturated carbocycles. The fourth-order valence-electron chi connectivity index (χ4n) is 2.83. The molecule has 1 aromatic heterocycles. The largest absolute Gasteiger partial charge is 0.379 e. The van der Waals surface area contributed by atoms with Gasteiger partial charge in [0, 0.05) is 31.9 Å². The predicted molar refractivity (Wildman–Crippen MR) is 76.1 cm³/mol. The van der Waals surface area contributed by atoms with Crippen molar-refractivity contribution in [1.29, 1.82) is 0 Å². The molecule has 2 rings (SSSR count). The average Bonchev–Trinajstić information content (AvgIpc) is 2.83. The normalized spacial score (nSPS) is 19.6. The second-order valence-electron chi connectivity index (χ2n) is 5.66. The zero-order chi connectivity index (χ0) is 13.9. The molecule has 0 amide bonds. The van der Waals surface area contributed by atoms with Crippen LogP contribution in [0.2, 0.25) is 0 Å². The van der Waals surface area contributed by atoms with Crippen LogP contribution in [0.3, 0.4) is 0 Å². The highest BCUT2D eigenvalue weighted by Gasteiger charge is 2.37. The summed E-state index contributed by atoms with van der Waals surface area (Å²) < 4.78 is 7.33. The molecular weight excluding hydrogens is 240 g/mol. The number of nitrogens with zero attached hydrogens (tertiary/aromatic N) is 3. The SMILES string of the molecule is CCNC(c1ccn(C)n1)C(C)(C)N1CCOCC1. The molecule has 1 N–H and O–H groups in total. The number of aromatic nitrogens is 2. The van der Waals surface area contributed by atoms with Crippen LogP contribution in [0.4, 0.5) is 0 Å². The van der Waals surface area contributed by atoms with Crippen molar-refractivity contribution < 1.29 is 4.74 Å². The molecule has 2 heterocycles. The van der Waals surface area contributed by atoms with Crippen LogP contribution in [0.5, 0.6) is 0 Å². The third-order valence-electron chi connectivity index (χ3n) is 3.97. The first-order valence-corrected chi connectivity index (χ1v) is 7.11. The summed E-state index contributed by atoms with van der Waals surface area (Å²) in [5.74, 6) is 0. The lowest BCUT2D eigenvalue weighted by atomic mass is 9.89. The van der Waals surface area contributed by atoms with E-state index in [4.69, 9.17) is 4.74 Å². The summed E-state index contributed by atoms with van der Waals surface area (Å²) in [7, 11) is 1.97. The van der Waals surface area contributed by atoms with Gasteiger partial charge in [0.15, 0.2) is 0 Å². The quantitative estimate of drug-likeness (QED) is 0.869. The van der Waals surface area contributed by atoms with Crippen molar-refractivity contribution in [1.82, 2.24) is 20.0 Å². The number of hydrogen-bond donors (Lipinski definition) is 1. The standard InChI is InChI=1S/C14H26N4O/c1-5-15-13(12-6-7-17(4)16-12)14(2,3)18-8-10-19-11-9-18/h6-7,13,15H,5,8-11H2,1-4H3. The van der Waals surface area contributed by atoms with E-state index in [1.165, 1.54) is 0 Å². The van der Waals surface area contributed by atoms with Crippen molar-refractivity contribution >= 4 is 0 Å². The van der Waals surface area contributed by atoms with Crippen LogP contribution in [0.1, 0.15) is 32.5 Å². The van der Waals surface area contributed by atoms with E-state index in [2.05, 4.69) is 42.2 Å². The minimum Gasteiger partial charge on any atom is -0.379 e. The van der Waals surface area contributed by atoms with Gasteiger partial charge in [0.2, 0.25) is 0 Å². The van der Waals surface area contributed by atoms with E-state index in [-0.39, 0.29) is 11.6 Å². The molecule has 1 atom stereocenters. The van der Waals surface area contributed by atoms with Crippen LogP contribution in [-0.2, 0) is 11.8 Å². The highest BCUT2D eigenvalue weighted by atomic mass is 16.5. The molecule has 1 aromatic rings. The number of ether oxygens (including phenoxy) is 1. The summed E-state index contributed by atoms with van der Waals surface area (Å²) in [6.45, 7) is 11.3. The molecule has 0 aliphatic carbocycles. The fourth-order valence-corrected chi connectivity index (χ4v) is 2.83. The molecule has 5 heteroatoms. The Bertz CT molecular complexity index is 396.